The highest BCUT2D eigenvalue weighted by atomic mass is 79.9. The maximum Gasteiger partial charge on any atom is 0.343 e. The molecule has 5 nitrogen and oxygen atoms in total. The average molecular weight is 580 g/mol. The molecule has 6 rings (SSSR count). The van der Waals surface area contributed by atoms with Gasteiger partial charge in [-0.25, -0.2) is 9.59 Å². The zero-order chi connectivity index (χ0) is 27.1. The molecule has 1 heterocycles. The molecular formula is C33H26BrNO4. The summed E-state index contributed by atoms with van der Waals surface area (Å²) in [7, 11) is 2.63. The SMILES string of the molecule is COC(=O)C1(C(=O)OC)Cc2ccc3ccccc3c2-c2c(ccc3ccccc23)CN1c1ccc(Br)cc1. The van der Waals surface area contributed by atoms with Gasteiger partial charge in [-0.05, 0) is 68.1 Å². The van der Waals surface area contributed by atoms with Crippen LogP contribution in [0.1, 0.15) is 11.1 Å². The quantitative estimate of drug-likeness (QED) is 0.169. The summed E-state index contributed by atoms with van der Waals surface area (Å²) in [5.41, 5.74) is 2.93. The van der Waals surface area contributed by atoms with Crippen LogP contribution in [0, 0.1) is 0 Å². The molecule has 0 radical (unpaired) electrons. The fourth-order valence-electron chi connectivity index (χ4n) is 5.90. The second-order valence-electron chi connectivity index (χ2n) is 9.72. The highest BCUT2D eigenvalue weighted by Crippen LogP contribution is 2.45. The Bertz CT molecular complexity index is 1730. The second kappa shape index (κ2) is 9.86. The molecule has 5 aromatic rings. The minimum absolute atomic E-state index is 0.0746. The topological polar surface area (TPSA) is 55.8 Å². The number of hydrogen-bond donors (Lipinski definition) is 0. The minimum Gasteiger partial charge on any atom is -0.467 e. The number of hydrogen-bond acceptors (Lipinski definition) is 5. The first kappa shape index (κ1) is 25.1. The van der Waals surface area contributed by atoms with E-state index in [1.807, 2.05) is 65.6 Å². The molecule has 194 valence electrons. The molecule has 0 atom stereocenters. The Morgan fingerprint density at radius 1 is 0.692 bits per heavy atom. The van der Waals surface area contributed by atoms with Crippen molar-refractivity contribution in [3.63, 3.8) is 0 Å². The number of benzene rings is 5. The lowest BCUT2D eigenvalue weighted by atomic mass is 9.78. The smallest absolute Gasteiger partial charge is 0.343 e. The van der Waals surface area contributed by atoms with Gasteiger partial charge in [0.2, 0.25) is 5.54 Å². The Balaban J connectivity index is 1.76. The van der Waals surface area contributed by atoms with Crippen molar-refractivity contribution < 1.29 is 19.1 Å². The number of rotatable bonds is 3. The van der Waals surface area contributed by atoms with Gasteiger partial charge in [-0.1, -0.05) is 88.7 Å². The first-order valence-corrected chi connectivity index (χ1v) is 13.5. The number of methoxy groups -OCH3 is 2. The summed E-state index contributed by atoms with van der Waals surface area (Å²) >= 11 is 3.51. The Labute approximate surface area is 235 Å². The lowest BCUT2D eigenvalue weighted by Crippen LogP contribution is -2.63. The molecule has 0 bridgehead atoms. The highest BCUT2D eigenvalue weighted by molar-refractivity contribution is 9.10. The molecule has 39 heavy (non-hydrogen) atoms. The van der Waals surface area contributed by atoms with Crippen LogP contribution in [0.15, 0.2) is 102 Å². The summed E-state index contributed by atoms with van der Waals surface area (Å²) in [6, 6.07) is 32.4. The molecule has 1 aliphatic heterocycles. The molecule has 0 unspecified atom stereocenters. The molecule has 0 aromatic heterocycles. The molecule has 0 aliphatic carbocycles. The molecular weight excluding hydrogens is 554 g/mol. The normalized spacial score (nSPS) is 14.2. The molecule has 0 saturated carbocycles. The Morgan fingerprint density at radius 3 is 1.77 bits per heavy atom. The molecule has 0 fully saturated rings. The first-order chi connectivity index (χ1) is 19.0. The third-order valence-electron chi connectivity index (χ3n) is 7.70. The molecule has 0 amide bonds. The lowest BCUT2D eigenvalue weighted by molar-refractivity contribution is -0.161. The van der Waals surface area contributed by atoms with E-state index in [2.05, 4.69) is 52.3 Å². The first-order valence-electron chi connectivity index (χ1n) is 12.7. The number of esters is 2. The van der Waals surface area contributed by atoms with Gasteiger partial charge in [0.05, 0.1) is 14.2 Å². The van der Waals surface area contributed by atoms with Crippen LogP contribution in [0.4, 0.5) is 5.69 Å². The van der Waals surface area contributed by atoms with E-state index in [0.29, 0.717) is 5.69 Å². The summed E-state index contributed by atoms with van der Waals surface area (Å²) in [4.78, 5) is 29.5. The fourth-order valence-corrected chi connectivity index (χ4v) is 6.16. The van der Waals surface area contributed by atoms with Crippen LogP contribution < -0.4 is 4.90 Å². The van der Waals surface area contributed by atoms with Gasteiger partial charge in [-0.15, -0.1) is 0 Å². The standard InChI is InChI=1S/C33H26BrNO4/c1-38-31(36)33(32(37)39-2)19-23-13-11-21-7-3-5-9-27(21)29(23)30-24(14-12-22-8-4-6-10-28(22)30)20-35(33)26-17-15-25(34)16-18-26/h3-18H,19-20H2,1-2H3. The predicted octanol–water partition coefficient (Wildman–Crippen LogP) is 7.07. The van der Waals surface area contributed by atoms with E-state index in [4.69, 9.17) is 9.47 Å². The van der Waals surface area contributed by atoms with Crippen molar-refractivity contribution in [1.82, 2.24) is 0 Å². The van der Waals surface area contributed by atoms with Crippen molar-refractivity contribution in [2.75, 3.05) is 19.1 Å². The van der Waals surface area contributed by atoms with Gasteiger partial charge in [0.15, 0.2) is 0 Å². The molecule has 0 saturated heterocycles. The van der Waals surface area contributed by atoms with Crippen LogP contribution in [-0.2, 0) is 32.0 Å². The molecule has 1 aliphatic rings. The number of ether oxygens (including phenoxy) is 2. The second-order valence-corrected chi connectivity index (χ2v) is 10.6. The van der Waals surface area contributed by atoms with Gasteiger partial charge in [-0.2, -0.15) is 0 Å². The number of carbonyl (C=O) groups is 2. The maximum atomic E-state index is 13.8. The van der Waals surface area contributed by atoms with E-state index in [1.54, 1.807) is 0 Å². The van der Waals surface area contributed by atoms with Crippen LogP contribution in [0.5, 0.6) is 0 Å². The van der Waals surface area contributed by atoms with Crippen molar-refractivity contribution in [3.05, 3.63) is 113 Å². The van der Waals surface area contributed by atoms with Gasteiger partial charge in [0, 0.05) is 23.1 Å². The monoisotopic (exact) mass is 579 g/mol. The Hall–Kier alpha value is -4.16. The largest absolute Gasteiger partial charge is 0.467 e. The summed E-state index contributed by atoms with van der Waals surface area (Å²) < 4.78 is 11.6. The number of anilines is 1. The average Bonchev–Trinajstić information content (AvgIpc) is 2.97. The van der Waals surface area contributed by atoms with Crippen molar-refractivity contribution in [1.29, 1.82) is 0 Å². The Kier molecular flexibility index (Phi) is 6.35. The fraction of sp³-hybridized carbons (Fsp3) is 0.152. The van der Waals surface area contributed by atoms with Crippen molar-refractivity contribution >= 4 is 55.1 Å². The maximum absolute atomic E-state index is 13.8. The number of fused-ring (bicyclic) bond motifs is 7. The number of nitrogens with zero attached hydrogens (tertiary/aromatic N) is 1. The van der Waals surface area contributed by atoms with E-state index in [-0.39, 0.29) is 13.0 Å². The third-order valence-corrected chi connectivity index (χ3v) is 8.23. The van der Waals surface area contributed by atoms with Gasteiger partial charge in [0.25, 0.3) is 0 Å². The van der Waals surface area contributed by atoms with E-state index in [1.165, 1.54) is 14.2 Å². The molecule has 0 spiro atoms. The van der Waals surface area contributed by atoms with E-state index in [0.717, 1.165) is 48.3 Å². The highest BCUT2D eigenvalue weighted by Gasteiger charge is 2.55. The summed E-state index contributed by atoms with van der Waals surface area (Å²) in [6.45, 7) is 0.286. The van der Waals surface area contributed by atoms with Crippen molar-refractivity contribution in [2.24, 2.45) is 0 Å². The van der Waals surface area contributed by atoms with E-state index >= 15 is 0 Å². The molecule has 0 N–H and O–H groups in total. The summed E-state index contributed by atoms with van der Waals surface area (Å²) in [5.74, 6) is -1.33. The zero-order valence-electron chi connectivity index (χ0n) is 21.6. The van der Waals surface area contributed by atoms with Gasteiger partial charge < -0.3 is 14.4 Å². The van der Waals surface area contributed by atoms with Crippen LogP contribution in [0.25, 0.3) is 32.7 Å². The summed E-state index contributed by atoms with van der Waals surface area (Å²) in [5, 5.41) is 4.39. The van der Waals surface area contributed by atoms with Crippen LogP contribution in [0.3, 0.4) is 0 Å². The van der Waals surface area contributed by atoms with Crippen LogP contribution in [-0.4, -0.2) is 31.7 Å². The van der Waals surface area contributed by atoms with Crippen LogP contribution >= 0.6 is 15.9 Å². The van der Waals surface area contributed by atoms with E-state index < -0.39 is 17.5 Å². The van der Waals surface area contributed by atoms with Gasteiger partial charge in [-0.3, -0.25) is 0 Å². The molecule has 6 heteroatoms. The van der Waals surface area contributed by atoms with Gasteiger partial charge >= 0.3 is 11.9 Å². The minimum atomic E-state index is -1.75. The predicted molar refractivity (Wildman–Crippen MR) is 158 cm³/mol. The van der Waals surface area contributed by atoms with Crippen LogP contribution in [0.2, 0.25) is 0 Å². The molecule has 5 aromatic carbocycles. The third kappa shape index (κ3) is 3.98. The van der Waals surface area contributed by atoms with Gasteiger partial charge in [0.1, 0.15) is 0 Å². The lowest BCUT2D eigenvalue weighted by Gasteiger charge is -2.43. The van der Waals surface area contributed by atoms with E-state index in [9.17, 15) is 9.59 Å². The number of halogens is 1. The Morgan fingerprint density at radius 2 is 1.21 bits per heavy atom. The van der Waals surface area contributed by atoms with Crippen molar-refractivity contribution in [3.8, 4) is 11.1 Å². The zero-order valence-corrected chi connectivity index (χ0v) is 23.2. The number of carbonyl (C=O) groups excluding carboxylic acids is 2. The summed E-state index contributed by atoms with van der Waals surface area (Å²) in [6.07, 6.45) is 0.0746. The van der Waals surface area contributed by atoms with Crippen molar-refractivity contribution in [2.45, 2.75) is 18.5 Å².